The molecule has 0 aliphatic rings. The van der Waals surface area contributed by atoms with Gasteiger partial charge in [-0.25, -0.2) is 8.42 Å². The number of aliphatic hydroxyl groups is 1. The third-order valence-electron chi connectivity index (χ3n) is 30.1. The molecule has 20 atom stereocenters. The maximum atomic E-state index is 14.6. The van der Waals surface area contributed by atoms with Crippen LogP contribution >= 0.6 is 0 Å². The average Bonchev–Trinajstić information content (AvgIpc) is 0.785. The van der Waals surface area contributed by atoms with Gasteiger partial charge in [-0.15, -0.1) is 0 Å². The second kappa shape index (κ2) is 76.0. The van der Waals surface area contributed by atoms with E-state index >= 15 is 0 Å². The second-order valence-electron chi connectivity index (χ2n) is 44.4. The first kappa shape index (κ1) is 122. The molecule has 13 nitrogen and oxygen atoms in total. The maximum Gasteiger partial charge on any atom is 0.184 e. The number of ether oxygens (including phenoxy) is 10. The van der Waals surface area contributed by atoms with Crippen LogP contribution in [0, 0.1) is 94.7 Å². The van der Waals surface area contributed by atoms with Crippen molar-refractivity contribution in [3.8, 4) is 11.5 Å². The molecule has 778 valence electrons. The molecule has 2 unspecified atom stereocenters. The SMILES string of the molecule is COc1ccc(COC[C@@H](C)CCC[C@@H](C)CCC[C@@H](C)CCC[C@@H](C)CCO[C@@H](COCC[C@H](C)CCC[C@H](C)CCC[C@H](C)CCC[C@H](C)C(O)C([C@@H](C)CCC[C@@H](C)CCC[C@@H](C)CCC[C@@H](C)CCOC[C@@H](COCc2ccccc2)OCC[C@H](C)CCC[C@H](C)CCC[C@H](C)CCC[C@H](C)COCc2ccc(OC)cc2)S(=O)(=O)c2ccccc2)COCc2ccccc2)cc1. The van der Waals surface area contributed by atoms with E-state index in [-0.39, 0.29) is 24.0 Å². The third kappa shape index (κ3) is 59.4. The fourth-order valence-electron chi connectivity index (χ4n) is 20.0. The van der Waals surface area contributed by atoms with Gasteiger partial charge in [0.2, 0.25) is 0 Å². The summed E-state index contributed by atoms with van der Waals surface area (Å²) in [5.41, 5.74) is 4.75. The van der Waals surface area contributed by atoms with Crippen LogP contribution in [0.5, 0.6) is 11.5 Å². The number of sulfone groups is 1. The van der Waals surface area contributed by atoms with Crippen LogP contribution in [0.2, 0.25) is 0 Å². The molecular formula is C122H206O13S. The lowest BCUT2D eigenvalue weighted by atomic mass is 9.86. The first-order chi connectivity index (χ1) is 65.7. The smallest absolute Gasteiger partial charge is 0.184 e. The van der Waals surface area contributed by atoms with E-state index in [0.29, 0.717) is 117 Å². The number of rotatable bonds is 89. The first-order valence-corrected chi connectivity index (χ1v) is 57.2. The minimum Gasteiger partial charge on any atom is -0.497 e. The summed E-state index contributed by atoms with van der Waals surface area (Å²) in [6.45, 7) is 47.1. The van der Waals surface area contributed by atoms with E-state index in [1.165, 1.54) is 215 Å². The number of aliphatic hydroxyl groups excluding tert-OH is 1. The Kier molecular flexibility index (Phi) is 68.0. The minimum absolute atomic E-state index is 0.0788. The highest BCUT2D eigenvalue weighted by Gasteiger charge is 2.40. The van der Waals surface area contributed by atoms with E-state index in [4.69, 9.17) is 47.4 Å². The van der Waals surface area contributed by atoms with Crippen molar-refractivity contribution in [2.24, 2.45) is 94.7 Å². The molecule has 136 heavy (non-hydrogen) atoms. The molecule has 5 aromatic carbocycles. The molecule has 0 heterocycles. The molecule has 0 fully saturated rings. The van der Waals surface area contributed by atoms with Crippen LogP contribution in [0.3, 0.4) is 0 Å². The van der Waals surface area contributed by atoms with Crippen molar-refractivity contribution >= 4 is 9.84 Å². The number of methoxy groups -OCH3 is 2. The van der Waals surface area contributed by atoms with Gasteiger partial charge >= 0.3 is 0 Å². The van der Waals surface area contributed by atoms with Crippen molar-refractivity contribution < 1.29 is 60.9 Å². The Morgan fingerprint density at radius 1 is 0.235 bits per heavy atom. The van der Waals surface area contributed by atoms with E-state index in [1.54, 1.807) is 26.4 Å². The van der Waals surface area contributed by atoms with Crippen molar-refractivity contribution in [2.75, 3.05) is 80.3 Å². The van der Waals surface area contributed by atoms with Gasteiger partial charge < -0.3 is 52.5 Å². The standard InChI is InChI=1S/C122H206O13S/c1-96(48-32-54-104(9)78-82-128-92-118(94-132-88-112-64-22-19-23-65-112)134-84-80-106(11)56-34-50-98(3)40-28-44-100(5)52-36-60-108(13)86-130-90-114-70-74-116(126-17)75-71-114)42-30-46-102(7)58-38-62-110(15)121(123)122(136(124,125)120-68-26-21-27-69-120)111(16)63-39-59-103(8)47-31-43-97(2)49-33-55-105(10)79-83-129-93-119(95-133-89-113-66-24-20-25-67-113)135-85-81-107(12)57-35-51-99(4)41-29-45-101(6)53-37-61-109(14)87-131-91-115-72-76-117(127-18)77-73-115/h19-27,64-77,96-111,118-119,121-123H,28-63,78-95H2,1-18H3/t96-,97-,98-,99-,100+,101+,102+,103+,104-,105-,106-,107-,108+,109+,110+,111+,118+,119+,121?,122?/m1/s1. The summed E-state index contributed by atoms with van der Waals surface area (Å²) in [6.07, 6.45) is 47.1. The molecule has 0 bridgehead atoms. The summed E-state index contributed by atoms with van der Waals surface area (Å²) < 4.78 is 90.0. The van der Waals surface area contributed by atoms with Gasteiger partial charge in [-0.2, -0.15) is 0 Å². The molecular weight excluding hydrogens is 1710 g/mol. The Morgan fingerprint density at radius 2 is 0.456 bits per heavy atom. The molecule has 0 saturated heterocycles. The van der Waals surface area contributed by atoms with E-state index in [0.717, 1.165) is 139 Å². The molecule has 5 aromatic rings. The highest BCUT2D eigenvalue weighted by Crippen LogP contribution is 2.36. The Balaban J connectivity index is 0.878. The second-order valence-corrected chi connectivity index (χ2v) is 46.5. The van der Waals surface area contributed by atoms with Crippen LogP contribution in [0.1, 0.15) is 390 Å². The van der Waals surface area contributed by atoms with E-state index in [1.807, 2.05) is 42.5 Å². The van der Waals surface area contributed by atoms with Crippen molar-refractivity contribution in [3.05, 3.63) is 162 Å². The Morgan fingerprint density at radius 3 is 0.735 bits per heavy atom. The van der Waals surface area contributed by atoms with Gasteiger partial charge in [-0.1, -0.05) is 419 Å². The Bertz CT molecular complexity index is 3660. The highest BCUT2D eigenvalue weighted by atomic mass is 32.2. The lowest BCUT2D eigenvalue weighted by Gasteiger charge is -2.32. The zero-order valence-electron chi connectivity index (χ0n) is 90.3. The molecule has 14 heteroatoms. The quantitative estimate of drug-likeness (QED) is 0.0369. The summed E-state index contributed by atoms with van der Waals surface area (Å²) in [5, 5.41) is 11.3. The molecule has 0 spiro atoms. The third-order valence-corrected chi connectivity index (χ3v) is 32.5. The van der Waals surface area contributed by atoms with E-state index < -0.39 is 21.2 Å². The van der Waals surface area contributed by atoms with Crippen LogP contribution in [0.25, 0.3) is 0 Å². The summed E-state index contributed by atoms with van der Waals surface area (Å²) in [6, 6.07) is 46.1. The van der Waals surface area contributed by atoms with Gasteiger partial charge in [0.05, 0.1) is 83.3 Å². The van der Waals surface area contributed by atoms with Gasteiger partial charge in [0.15, 0.2) is 9.84 Å². The van der Waals surface area contributed by atoms with Crippen LogP contribution in [0.15, 0.2) is 144 Å². The predicted molar refractivity (Wildman–Crippen MR) is 573 cm³/mol. The van der Waals surface area contributed by atoms with Gasteiger partial charge in [-0.3, -0.25) is 0 Å². The van der Waals surface area contributed by atoms with Gasteiger partial charge in [0.25, 0.3) is 0 Å². The monoisotopic (exact) mass is 1910 g/mol. The Labute approximate surface area is 836 Å². The largest absolute Gasteiger partial charge is 0.497 e. The zero-order chi connectivity index (χ0) is 98.6. The van der Waals surface area contributed by atoms with Crippen LogP contribution in [-0.2, 0) is 74.2 Å². The number of hydrogen-bond donors (Lipinski definition) is 1. The molecule has 0 aliphatic carbocycles. The van der Waals surface area contributed by atoms with Crippen molar-refractivity contribution in [1.82, 2.24) is 0 Å². The van der Waals surface area contributed by atoms with E-state index in [2.05, 4.69) is 196 Å². The topological polar surface area (TPSA) is 147 Å². The van der Waals surface area contributed by atoms with E-state index in [9.17, 15) is 13.5 Å². The van der Waals surface area contributed by atoms with Crippen LogP contribution in [0.4, 0.5) is 0 Å². The number of hydrogen-bond acceptors (Lipinski definition) is 13. The molecule has 5 rings (SSSR count). The molecule has 0 aliphatic heterocycles. The molecule has 0 amide bonds. The number of benzene rings is 5. The predicted octanol–water partition coefficient (Wildman–Crippen LogP) is 32.7. The van der Waals surface area contributed by atoms with Gasteiger partial charge in [0.1, 0.15) is 23.7 Å². The van der Waals surface area contributed by atoms with Crippen molar-refractivity contribution in [2.45, 2.75) is 422 Å². The molecule has 0 saturated carbocycles. The molecule has 0 aromatic heterocycles. The molecule has 0 radical (unpaired) electrons. The fraction of sp³-hybridized carbons (Fsp3) is 0.754. The lowest BCUT2D eigenvalue weighted by Crippen LogP contribution is -2.43. The Hall–Kier alpha value is -4.71. The highest BCUT2D eigenvalue weighted by molar-refractivity contribution is 7.92. The summed E-state index contributed by atoms with van der Waals surface area (Å²) in [5.74, 6) is 10.8. The van der Waals surface area contributed by atoms with Crippen molar-refractivity contribution in [3.63, 3.8) is 0 Å². The van der Waals surface area contributed by atoms with Gasteiger partial charge in [0, 0.05) is 39.6 Å². The zero-order valence-corrected chi connectivity index (χ0v) is 91.1. The van der Waals surface area contributed by atoms with Crippen LogP contribution in [-0.4, -0.2) is 117 Å². The fourth-order valence-corrected chi connectivity index (χ4v) is 22.2. The lowest BCUT2D eigenvalue weighted by molar-refractivity contribution is -0.0670. The van der Waals surface area contributed by atoms with Crippen molar-refractivity contribution in [1.29, 1.82) is 0 Å². The normalized spacial score (nSPS) is 16.6. The average molecular weight is 1910 g/mol. The van der Waals surface area contributed by atoms with Crippen LogP contribution < -0.4 is 9.47 Å². The summed E-state index contributed by atoms with van der Waals surface area (Å²) in [7, 11) is -0.361. The summed E-state index contributed by atoms with van der Waals surface area (Å²) in [4.78, 5) is 0.322. The minimum atomic E-state index is -3.76. The first-order valence-electron chi connectivity index (χ1n) is 55.7. The van der Waals surface area contributed by atoms with Gasteiger partial charge in [-0.05, 0) is 205 Å². The maximum absolute atomic E-state index is 14.6. The summed E-state index contributed by atoms with van der Waals surface area (Å²) >= 11 is 0. The molecule has 1 N–H and O–H groups in total.